The van der Waals surface area contributed by atoms with Crippen LogP contribution in [-0.2, 0) is 0 Å². The van der Waals surface area contributed by atoms with Crippen LogP contribution in [0.2, 0.25) is 0 Å². The minimum atomic E-state index is -1.01. The standard InChI is InChI=1S/C24H26FN3O5/c1-15(29)23-21(22(26-33-23)16-4-9-19(31-2)20(14-16)32-3)24(30)28-12-10-27(11-13-28)18-7-5-17(25)6-8-18/h4-9,14-15,29H,10-13H2,1-3H3. The fourth-order valence-electron chi connectivity index (χ4n) is 3.95. The number of hydrogen-bond acceptors (Lipinski definition) is 7. The van der Waals surface area contributed by atoms with Crippen LogP contribution in [0.5, 0.6) is 11.5 Å². The van der Waals surface area contributed by atoms with Gasteiger partial charge in [0.25, 0.3) is 5.91 Å². The van der Waals surface area contributed by atoms with Crippen LogP contribution in [0.4, 0.5) is 10.1 Å². The molecule has 1 fully saturated rings. The van der Waals surface area contributed by atoms with Crippen molar-refractivity contribution in [1.82, 2.24) is 10.1 Å². The molecule has 174 valence electrons. The monoisotopic (exact) mass is 455 g/mol. The maximum Gasteiger partial charge on any atom is 0.259 e. The molecule has 0 radical (unpaired) electrons. The van der Waals surface area contributed by atoms with Crippen molar-refractivity contribution in [3.63, 3.8) is 0 Å². The number of piperazine rings is 1. The van der Waals surface area contributed by atoms with Gasteiger partial charge in [-0.2, -0.15) is 0 Å². The van der Waals surface area contributed by atoms with Crippen LogP contribution in [0.15, 0.2) is 47.0 Å². The highest BCUT2D eigenvalue weighted by Gasteiger charge is 2.32. The van der Waals surface area contributed by atoms with Crippen LogP contribution in [0.25, 0.3) is 11.3 Å². The van der Waals surface area contributed by atoms with Crippen LogP contribution in [0, 0.1) is 5.82 Å². The summed E-state index contributed by atoms with van der Waals surface area (Å²) in [6.45, 7) is 3.65. The van der Waals surface area contributed by atoms with Crippen LogP contribution < -0.4 is 14.4 Å². The molecule has 9 heteroatoms. The Hall–Kier alpha value is -3.59. The second kappa shape index (κ2) is 9.50. The largest absolute Gasteiger partial charge is 0.493 e. The molecule has 2 heterocycles. The van der Waals surface area contributed by atoms with E-state index in [1.807, 2.05) is 0 Å². The number of benzene rings is 2. The van der Waals surface area contributed by atoms with Crippen molar-refractivity contribution in [2.45, 2.75) is 13.0 Å². The van der Waals surface area contributed by atoms with Gasteiger partial charge in [0.2, 0.25) is 0 Å². The van der Waals surface area contributed by atoms with Gasteiger partial charge in [-0.05, 0) is 49.4 Å². The summed E-state index contributed by atoms with van der Waals surface area (Å²) in [5.41, 5.74) is 2.08. The Morgan fingerprint density at radius 3 is 2.33 bits per heavy atom. The molecule has 0 bridgehead atoms. The van der Waals surface area contributed by atoms with Crippen LogP contribution in [0.3, 0.4) is 0 Å². The minimum absolute atomic E-state index is 0.116. The van der Waals surface area contributed by atoms with Gasteiger partial charge in [0.15, 0.2) is 17.3 Å². The fourth-order valence-corrected chi connectivity index (χ4v) is 3.95. The van der Waals surface area contributed by atoms with E-state index in [2.05, 4.69) is 10.1 Å². The van der Waals surface area contributed by atoms with Gasteiger partial charge in [-0.25, -0.2) is 4.39 Å². The molecule has 1 N–H and O–H groups in total. The number of aromatic nitrogens is 1. The number of amides is 1. The van der Waals surface area contributed by atoms with Gasteiger partial charge in [0, 0.05) is 37.4 Å². The van der Waals surface area contributed by atoms with Crippen molar-refractivity contribution in [3.05, 3.63) is 59.6 Å². The number of rotatable bonds is 6. The van der Waals surface area contributed by atoms with E-state index in [4.69, 9.17) is 14.0 Å². The Bertz CT molecular complexity index is 1120. The molecule has 1 aliphatic heterocycles. The molecule has 33 heavy (non-hydrogen) atoms. The Morgan fingerprint density at radius 2 is 1.73 bits per heavy atom. The molecule has 0 saturated carbocycles. The lowest BCUT2D eigenvalue weighted by Crippen LogP contribution is -2.49. The number of carbonyl (C=O) groups is 1. The first-order valence-electron chi connectivity index (χ1n) is 10.6. The highest BCUT2D eigenvalue weighted by atomic mass is 19.1. The fraction of sp³-hybridized carbons (Fsp3) is 0.333. The molecule has 0 aliphatic carbocycles. The lowest BCUT2D eigenvalue weighted by Gasteiger charge is -2.36. The van der Waals surface area contributed by atoms with Crippen LogP contribution in [0.1, 0.15) is 29.1 Å². The smallest absolute Gasteiger partial charge is 0.259 e. The Labute approximate surface area is 191 Å². The van der Waals surface area contributed by atoms with Gasteiger partial charge in [0.05, 0.1) is 14.2 Å². The molecule has 8 nitrogen and oxygen atoms in total. The molecule has 1 unspecified atom stereocenters. The zero-order valence-corrected chi connectivity index (χ0v) is 18.7. The maximum atomic E-state index is 13.5. The van der Waals surface area contributed by atoms with Crippen molar-refractivity contribution >= 4 is 11.6 Å². The number of hydrogen-bond donors (Lipinski definition) is 1. The molecule has 1 atom stereocenters. The molecule has 2 aromatic carbocycles. The summed E-state index contributed by atoms with van der Waals surface area (Å²) in [6, 6.07) is 11.5. The number of methoxy groups -OCH3 is 2. The van der Waals surface area contributed by atoms with E-state index >= 15 is 0 Å². The average Bonchev–Trinajstić information content (AvgIpc) is 3.29. The van der Waals surface area contributed by atoms with E-state index in [1.54, 1.807) is 42.3 Å². The van der Waals surface area contributed by atoms with E-state index in [9.17, 15) is 14.3 Å². The number of aliphatic hydroxyl groups is 1. The summed E-state index contributed by atoms with van der Waals surface area (Å²) in [4.78, 5) is 17.3. The first-order chi connectivity index (χ1) is 15.9. The normalized spacial score (nSPS) is 14.8. The van der Waals surface area contributed by atoms with E-state index in [-0.39, 0.29) is 23.0 Å². The molecule has 1 amide bonds. The highest BCUT2D eigenvalue weighted by Crippen LogP contribution is 2.36. The van der Waals surface area contributed by atoms with E-state index in [0.717, 1.165) is 5.69 Å². The molecule has 4 rings (SSSR count). The minimum Gasteiger partial charge on any atom is -0.493 e. The van der Waals surface area contributed by atoms with E-state index in [0.29, 0.717) is 48.9 Å². The molecular formula is C24H26FN3O5. The number of aliphatic hydroxyl groups excluding tert-OH is 1. The summed E-state index contributed by atoms with van der Waals surface area (Å²) < 4.78 is 29.3. The van der Waals surface area contributed by atoms with Crippen LogP contribution >= 0.6 is 0 Å². The summed E-state index contributed by atoms with van der Waals surface area (Å²) in [5, 5.41) is 14.3. The Balaban J connectivity index is 1.60. The van der Waals surface area contributed by atoms with E-state index < -0.39 is 6.10 Å². The predicted octanol–water partition coefficient (Wildman–Crippen LogP) is 3.51. The lowest BCUT2D eigenvalue weighted by molar-refractivity contribution is 0.0735. The third kappa shape index (κ3) is 4.49. The van der Waals surface area contributed by atoms with Gasteiger partial charge >= 0.3 is 0 Å². The Morgan fingerprint density at radius 1 is 1.06 bits per heavy atom. The summed E-state index contributed by atoms with van der Waals surface area (Å²) in [6.07, 6.45) is -1.01. The number of carbonyl (C=O) groups excluding carboxylic acids is 1. The predicted molar refractivity (Wildman–Crippen MR) is 120 cm³/mol. The van der Waals surface area contributed by atoms with E-state index in [1.165, 1.54) is 26.2 Å². The van der Waals surface area contributed by atoms with Crippen molar-refractivity contribution in [2.75, 3.05) is 45.3 Å². The van der Waals surface area contributed by atoms with Crippen LogP contribution in [-0.4, -0.2) is 61.5 Å². The van der Waals surface area contributed by atoms with Gasteiger partial charge in [0.1, 0.15) is 23.2 Å². The molecule has 1 aromatic heterocycles. The van der Waals surface area contributed by atoms with Gasteiger partial charge in [-0.15, -0.1) is 0 Å². The molecule has 3 aromatic rings. The second-order valence-corrected chi connectivity index (χ2v) is 7.77. The second-order valence-electron chi connectivity index (χ2n) is 7.77. The van der Waals surface area contributed by atoms with Gasteiger partial charge < -0.3 is 28.9 Å². The summed E-state index contributed by atoms with van der Waals surface area (Å²) in [5.74, 6) is 0.600. The van der Waals surface area contributed by atoms with Crippen molar-refractivity contribution in [1.29, 1.82) is 0 Å². The quantitative estimate of drug-likeness (QED) is 0.609. The summed E-state index contributed by atoms with van der Waals surface area (Å²) >= 11 is 0. The number of halogens is 1. The van der Waals surface area contributed by atoms with Gasteiger partial charge in [-0.3, -0.25) is 4.79 Å². The number of anilines is 1. The summed E-state index contributed by atoms with van der Waals surface area (Å²) in [7, 11) is 3.07. The first-order valence-corrected chi connectivity index (χ1v) is 10.6. The molecular weight excluding hydrogens is 429 g/mol. The third-order valence-corrected chi connectivity index (χ3v) is 5.73. The average molecular weight is 455 g/mol. The maximum absolute atomic E-state index is 13.5. The van der Waals surface area contributed by atoms with Gasteiger partial charge in [-0.1, -0.05) is 5.16 Å². The Kier molecular flexibility index (Phi) is 6.50. The SMILES string of the molecule is COc1ccc(-c2noc(C(C)O)c2C(=O)N2CCN(c3ccc(F)cc3)CC2)cc1OC. The molecule has 1 aliphatic rings. The molecule has 1 saturated heterocycles. The van der Waals surface area contributed by atoms with Crippen molar-refractivity contribution < 1.29 is 28.3 Å². The van der Waals surface area contributed by atoms with Crippen molar-refractivity contribution in [2.24, 2.45) is 0 Å². The number of nitrogens with zero attached hydrogens (tertiary/aromatic N) is 3. The number of ether oxygens (including phenoxy) is 2. The zero-order valence-electron chi connectivity index (χ0n) is 18.7. The first kappa shape index (κ1) is 22.6. The lowest BCUT2D eigenvalue weighted by atomic mass is 10.0. The topological polar surface area (TPSA) is 88.3 Å². The molecule has 0 spiro atoms. The zero-order chi connectivity index (χ0) is 23.5. The third-order valence-electron chi connectivity index (χ3n) is 5.73. The van der Waals surface area contributed by atoms with Crippen molar-refractivity contribution in [3.8, 4) is 22.8 Å². The highest BCUT2D eigenvalue weighted by molar-refractivity contribution is 6.01.